The quantitative estimate of drug-likeness (QED) is 0.700. The summed E-state index contributed by atoms with van der Waals surface area (Å²) < 4.78 is 19.5. The van der Waals surface area contributed by atoms with Crippen molar-refractivity contribution >= 4 is 23.2 Å². The van der Waals surface area contributed by atoms with Crippen LogP contribution in [-0.4, -0.2) is 50.7 Å². The molecule has 144 valence electrons. The average Bonchev–Trinajstić information content (AvgIpc) is 2.57. The molecule has 0 unspecified atom stereocenters. The maximum Gasteiger partial charge on any atom is 0.253 e. The van der Waals surface area contributed by atoms with Gasteiger partial charge in [-0.3, -0.25) is 9.59 Å². The molecule has 0 spiro atoms. The maximum atomic E-state index is 14.4. The SMILES string of the molecule is CC(C)(C)CN[C@H](CN)C(=O)Nc1ccc(N2CCOCC2=O)cc1F. The molecule has 1 aliphatic heterocycles. The molecule has 0 bridgehead atoms. The molecular formula is C18H27FN4O3. The van der Waals surface area contributed by atoms with Gasteiger partial charge >= 0.3 is 0 Å². The van der Waals surface area contributed by atoms with Crippen LogP contribution in [0.1, 0.15) is 20.8 Å². The van der Waals surface area contributed by atoms with Gasteiger partial charge in [0.1, 0.15) is 12.4 Å². The highest BCUT2D eigenvalue weighted by atomic mass is 19.1. The van der Waals surface area contributed by atoms with E-state index in [2.05, 4.69) is 10.6 Å². The summed E-state index contributed by atoms with van der Waals surface area (Å²) in [5.41, 5.74) is 6.14. The van der Waals surface area contributed by atoms with Gasteiger partial charge in [-0.1, -0.05) is 20.8 Å². The zero-order chi connectivity index (χ0) is 19.3. The van der Waals surface area contributed by atoms with E-state index in [-0.39, 0.29) is 30.2 Å². The summed E-state index contributed by atoms with van der Waals surface area (Å²) in [6.07, 6.45) is 0. The summed E-state index contributed by atoms with van der Waals surface area (Å²) in [5.74, 6) is -1.23. The number of nitrogens with two attached hydrogens (primary N) is 1. The van der Waals surface area contributed by atoms with Gasteiger partial charge in [-0.25, -0.2) is 4.39 Å². The lowest BCUT2D eigenvalue weighted by molar-refractivity contribution is -0.125. The first kappa shape index (κ1) is 20.3. The van der Waals surface area contributed by atoms with E-state index in [1.165, 1.54) is 17.0 Å². The molecule has 8 heteroatoms. The molecule has 7 nitrogen and oxygen atoms in total. The Balaban J connectivity index is 2.04. The Bertz CT molecular complexity index is 660. The van der Waals surface area contributed by atoms with Crippen molar-refractivity contribution in [3.63, 3.8) is 0 Å². The van der Waals surface area contributed by atoms with Crippen LogP contribution >= 0.6 is 0 Å². The number of ether oxygens (including phenoxy) is 1. The van der Waals surface area contributed by atoms with Crippen LogP contribution in [0.4, 0.5) is 15.8 Å². The molecule has 0 radical (unpaired) electrons. The Kier molecular flexibility index (Phi) is 6.69. The fourth-order valence-corrected chi connectivity index (χ4v) is 2.50. The highest BCUT2D eigenvalue weighted by Gasteiger charge is 2.23. The van der Waals surface area contributed by atoms with Crippen LogP contribution in [-0.2, 0) is 14.3 Å². The highest BCUT2D eigenvalue weighted by molar-refractivity contribution is 5.97. The molecule has 1 heterocycles. The molecule has 26 heavy (non-hydrogen) atoms. The molecular weight excluding hydrogens is 339 g/mol. The standard InChI is InChI=1S/C18H27FN4O3/c1-18(2,3)11-21-15(9-20)17(25)22-14-5-4-12(8-13(14)19)23-6-7-26-10-16(23)24/h4-5,8,15,21H,6-7,9-11,20H2,1-3H3,(H,22,25)/t15-/m1/s1. The van der Waals surface area contributed by atoms with Crippen LogP contribution in [0.3, 0.4) is 0 Å². The van der Waals surface area contributed by atoms with Crippen LogP contribution in [0, 0.1) is 11.2 Å². The number of benzene rings is 1. The van der Waals surface area contributed by atoms with Crippen LogP contribution in [0.15, 0.2) is 18.2 Å². The maximum absolute atomic E-state index is 14.4. The molecule has 1 aromatic carbocycles. The summed E-state index contributed by atoms with van der Waals surface area (Å²) in [6, 6.07) is 3.66. The number of carbonyl (C=O) groups is 2. The van der Waals surface area contributed by atoms with Crippen molar-refractivity contribution < 1.29 is 18.7 Å². The number of hydrogen-bond donors (Lipinski definition) is 3. The van der Waals surface area contributed by atoms with Crippen LogP contribution in [0.2, 0.25) is 0 Å². The molecule has 0 saturated carbocycles. The summed E-state index contributed by atoms with van der Waals surface area (Å²) in [5, 5.41) is 5.65. The van der Waals surface area contributed by atoms with E-state index in [9.17, 15) is 14.0 Å². The minimum atomic E-state index is -0.617. The number of nitrogens with zero attached hydrogens (tertiary/aromatic N) is 1. The third kappa shape index (κ3) is 5.48. The van der Waals surface area contributed by atoms with Gasteiger partial charge in [0.2, 0.25) is 5.91 Å². The number of anilines is 2. The molecule has 2 rings (SSSR count). The van der Waals surface area contributed by atoms with Crippen molar-refractivity contribution in [2.24, 2.45) is 11.1 Å². The minimum Gasteiger partial charge on any atom is -0.370 e. The van der Waals surface area contributed by atoms with E-state index >= 15 is 0 Å². The van der Waals surface area contributed by atoms with Crippen molar-refractivity contribution in [2.75, 3.05) is 43.1 Å². The van der Waals surface area contributed by atoms with Crippen LogP contribution < -0.4 is 21.3 Å². The van der Waals surface area contributed by atoms with Gasteiger partial charge in [0.05, 0.1) is 18.3 Å². The van der Waals surface area contributed by atoms with Crippen LogP contribution in [0.5, 0.6) is 0 Å². The van der Waals surface area contributed by atoms with Gasteiger partial charge in [0.25, 0.3) is 5.91 Å². The zero-order valence-corrected chi connectivity index (χ0v) is 15.5. The Labute approximate surface area is 153 Å². The summed E-state index contributed by atoms with van der Waals surface area (Å²) in [6.45, 7) is 7.58. The van der Waals surface area contributed by atoms with Crippen molar-refractivity contribution in [1.29, 1.82) is 0 Å². The van der Waals surface area contributed by atoms with Crippen molar-refractivity contribution in [3.05, 3.63) is 24.0 Å². The number of amides is 2. The fraction of sp³-hybridized carbons (Fsp3) is 0.556. The summed E-state index contributed by atoms with van der Waals surface area (Å²) in [7, 11) is 0. The van der Waals surface area contributed by atoms with E-state index in [0.29, 0.717) is 25.4 Å². The Hall–Kier alpha value is -2.03. The molecule has 0 aliphatic carbocycles. The molecule has 1 aliphatic rings. The lowest BCUT2D eigenvalue weighted by Crippen LogP contribution is -2.48. The van der Waals surface area contributed by atoms with E-state index in [0.717, 1.165) is 0 Å². The van der Waals surface area contributed by atoms with E-state index < -0.39 is 17.8 Å². The molecule has 1 fully saturated rings. The molecule has 1 aromatic rings. The van der Waals surface area contributed by atoms with E-state index in [4.69, 9.17) is 10.5 Å². The number of carbonyl (C=O) groups excluding carboxylic acids is 2. The summed E-state index contributed by atoms with van der Waals surface area (Å²) in [4.78, 5) is 25.7. The van der Waals surface area contributed by atoms with E-state index in [1.807, 2.05) is 20.8 Å². The van der Waals surface area contributed by atoms with Gasteiger partial charge in [0, 0.05) is 25.3 Å². The van der Waals surface area contributed by atoms with Gasteiger partial charge < -0.3 is 26.0 Å². The topological polar surface area (TPSA) is 96.7 Å². The van der Waals surface area contributed by atoms with Crippen molar-refractivity contribution in [3.8, 4) is 0 Å². The number of nitrogens with one attached hydrogen (secondary N) is 2. The molecule has 2 amide bonds. The smallest absolute Gasteiger partial charge is 0.253 e. The second-order valence-corrected chi connectivity index (χ2v) is 7.48. The molecule has 0 aromatic heterocycles. The van der Waals surface area contributed by atoms with Crippen molar-refractivity contribution in [2.45, 2.75) is 26.8 Å². The minimum absolute atomic E-state index is 0.00864. The summed E-state index contributed by atoms with van der Waals surface area (Å²) >= 11 is 0. The first-order chi connectivity index (χ1) is 12.2. The average molecular weight is 366 g/mol. The number of halogens is 1. The normalized spacial score (nSPS) is 16.5. The Morgan fingerprint density at radius 1 is 1.42 bits per heavy atom. The molecule has 4 N–H and O–H groups in total. The van der Waals surface area contributed by atoms with Gasteiger partial charge in [-0.2, -0.15) is 0 Å². The first-order valence-corrected chi connectivity index (χ1v) is 8.63. The van der Waals surface area contributed by atoms with Gasteiger partial charge in [-0.05, 0) is 23.6 Å². The fourth-order valence-electron chi connectivity index (χ4n) is 2.50. The predicted molar refractivity (Wildman–Crippen MR) is 98.5 cm³/mol. The molecule has 1 atom stereocenters. The number of rotatable bonds is 6. The lowest BCUT2D eigenvalue weighted by atomic mass is 9.96. The Morgan fingerprint density at radius 3 is 2.73 bits per heavy atom. The first-order valence-electron chi connectivity index (χ1n) is 8.63. The van der Waals surface area contributed by atoms with E-state index in [1.54, 1.807) is 6.07 Å². The van der Waals surface area contributed by atoms with Crippen molar-refractivity contribution in [1.82, 2.24) is 5.32 Å². The van der Waals surface area contributed by atoms with Gasteiger partial charge in [-0.15, -0.1) is 0 Å². The lowest BCUT2D eigenvalue weighted by Gasteiger charge is -2.27. The third-order valence-electron chi connectivity index (χ3n) is 3.94. The second-order valence-electron chi connectivity index (χ2n) is 7.48. The molecule has 1 saturated heterocycles. The number of hydrogen-bond acceptors (Lipinski definition) is 5. The highest BCUT2D eigenvalue weighted by Crippen LogP contribution is 2.23. The number of morpholine rings is 1. The predicted octanol–water partition coefficient (Wildman–Crippen LogP) is 1.09. The Morgan fingerprint density at radius 2 is 2.15 bits per heavy atom. The van der Waals surface area contributed by atoms with Gasteiger partial charge in [0.15, 0.2) is 0 Å². The largest absolute Gasteiger partial charge is 0.370 e. The second kappa shape index (κ2) is 8.57. The zero-order valence-electron chi connectivity index (χ0n) is 15.5. The van der Waals surface area contributed by atoms with Crippen LogP contribution in [0.25, 0.3) is 0 Å². The third-order valence-corrected chi connectivity index (χ3v) is 3.94. The monoisotopic (exact) mass is 366 g/mol.